The standard InChI is InChI=1S/C34H21N/c1-3-9-25-20(7-1)15-23-18-29-24(17-28(23)25)16-22-13-14-27-26-10-4-6-12-31(26)35-30-11-5-2-8-21(30)19-32(35)34(27)33(22)29/h1-14,17-19H,15-16H2. The van der Waals surface area contributed by atoms with Crippen LogP contribution in [0.3, 0.4) is 0 Å². The first-order valence-electron chi connectivity index (χ1n) is 12.5. The minimum Gasteiger partial charge on any atom is -0.309 e. The maximum absolute atomic E-state index is 2.50. The molecule has 2 heterocycles. The van der Waals surface area contributed by atoms with Crippen LogP contribution in [0.2, 0.25) is 0 Å². The highest BCUT2D eigenvalue weighted by Crippen LogP contribution is 2.49. The second kappa shape index (κ2) is 6.20. The summed E-state index contributed by atoms with van der Waals surface area (Å²) in [5.41, 5.74) is 15.4. The van der Waals surface area contributed by atoms with Crippen LogP contribution in [-0.4, -0.2) is 4.40 Å². The van der Waals surface area contributed by atoms with Crippen molar-refractivity contribution >= 4 is 38.1 Å². The van der Waals surface area contributed by atoms with Crippen molar-refractivity contribution in [2.45, 2.75) is 12.8 Å². The lowest BCUT2D eigenvalue weighted by atomic mass is 9.93. The Morgan fingerprint density at radius 2 is 1.20 bits per heavy atom. The fourth-order valence-corrected chi connectivity index (χ4v) is 6.90. The van der Waals surface area contributed by atoms with Gasteiger partial charge in [0.25, 0.3) is 0 Å². The number of hydrogen-bond acceptors (Lipinski definition) is 0. The van der Waals surface area contributed by atoms with Crippen LogP contribution in [0.5, 0.6) is 0 Å². The van der Waals surface area contributed by atoms with Gasteiger partial charge in [-0.25, -0.2) is 0 Å². The third-order valence-corrected chi connectivity index (χ3v) is 8.36. The lowest BCUT2D eigenvalue weighted by Crippen LogP contribution is -1.93. The Labute approximate surface area is 202 Å². The molecule has 0 saturated heterocycles. The fourth-order valence-electron chi connectivity index (χ4n) is 6.90. The Morgan fingerprint density at radius 3 is 2.17 bits per heavy atom. The highest BCUT2D eigenvalue weighted by molar-refractivity contribution is 6.21. The quantitative estimate of drug-likeness (QED) is 0.207. The summed E-state index contributed by atoms with van der Waals surface area (Å²) in [5, 5.41) is 5.37. The van der Waals surface area contributed by atoms with E-state index in [1.54, 1.807) is 0 Å². The van der Waals surface area contributed by atoms with Crippen LogP contribution in [0.1, 0.15) is 22.3 Å². The Hall–Kier alpha value is -4.36. The first-order valence-corrected chi connectivity index (χ1v) is 12.5. The maximum Gasteiger partial charge on any atom is 0.0553 e. The molecule has 0 spiro atoms. The van der Waals surface area contributed by atoms with Crippen LogP contribution < -0.4 is 0 Å². The summed E-state index contributed by atoms with van der Waals surface area (Å²) in [4.78, 5) is 0. The van der Waals surface area contributed by atoms with E-state index in [1.807, 2.05) is 0 Å². The van der Waals surface area contributed by atoms with Crippen LogP contribution in [0.15, 0.2) is 103 Å². The van der Waals surface area contributed by atoms with Crippen LogP contribution >= 0.6 is 0 Å². The number of hydrogen-bond donors (Lipinski definition) is 0. The van der Waals surface area contributed by atoms with Crippen LogP contribution in [0.25, 0.3) is 60.3 Å². The Kier molecular flexibility index (Phi) is 3.19. The number of rotatable bonds is 0. The monoisotopic (exact) mass is 443 g/mol. The summed E-state index contributed by atoms with van der Waals surface area (Å²) in [6.45, 7) is 0. The molecule has 0 atom stereocenters. The molecule has 1 nitrogen and oxygen atoms in total. The molecule has 5 aromatic carbocycles. The van der Waals surface area contributed by atoms with Gasteiger partial charge in [-0.3, -0.25) is 0 Å². The van der Waals surface area contributed by atoms with Crippen molar-refractivity contribution in [1.82, 2.24) is 4.40 Å². The molecule has 0 saturated carbocycles. The molecule has 2 aliphatic rings. The van der Waals surface area contributed by atoms with Gasteiger partial charge in [0.05, 0.1) is 16.6 Å². The zero-order chi connectivity index (χ0) is 22.7. The fraction of sp³-hybridized carbons (Fsp3) is 0.0588. The zero-order valence-corrected chi connectivity index (χ0v) is 19.2. The highest BCUT2D eigenvalue weighted by Gasteiger charge is 2.28. The Bertz CT molecular complexity index is 2050. The Balaban J connectivity index is 1.45. The van der Waals surface area contributed by atoms with E-state index in [1.165, 1.54) is 82.6 Å². The van der Waals surface area contributed by atoms with Crippen molar-refractivity contribution in [2.75, 3.05) is 0 Å². The van der Waals surface area contributed by atoms with Crippen molar-refractivity contribution in [3.8, 4) is 22.3 Å². The lowest BCUT2D eigenvalue weighted by molar-refractivity contribution is 1.24. The molecular weight excluding hydrogens is 422 g/mol. The van der Waals surface area contributed by atoms with Gasteiger partial charge in [-0.2, -0.15) is 0 Å². The smallest absolute Gasteiger partial charge is 0.0553 e. The van der Waals surface area contributed by atoms with Gasteiger partial charge in [0.2, 0.25) is 0 Å². The third kappa shape index (κ3) is 2.19. The van der Waals surface area contributed by atoms with Crippen LogP contribution in [0.4, 0.5) is 0 Å². The van der Waals surface area contributed by atoms with E-state index >= 15 is 0 Å². The van der Waals surface area contributed by atoms with Crippen LogP contribution in [0, 0.1) is 0 Å². The van der Waals surface area contributed by atoms with E-state index in [-0.39, 0.29) is 0 Å². The molecule has 2 aliphatic carbocycles. The van der Waals surface area contributed by atoms with E-state index in [9.17, 15) is 0 Å². The van der Waals surface area contributed by atoms with Gasteiger partial charge < -0.3 is 4.40 Å². The number of benzene rings is 5. The van der Waals surface area contributed by atoms with E-state index in [0.717, 1.165) is 12.8 Å². The minimum atomic E-state index is 1.01. The van der Waals surface area contributed by atoms with Crippen LogP contribution in [-0.2, 0) is 12.8 Å². The number of aromatic nitrogens is 1. The number of pyridine rings is 1. The molecule has 2 aromatic heterocycles. The molecule has 0 fully saturated rings. The summed E-state index contributed by atoms with van der Waals surface area (Å²) in [6, 6.07) is 38.7. The minimum absolute atomic E-state index is 1.01. The topological polar surface area (TPSA) is 4.41 Å². The number of para-hydroxylation sites is 2. The van der Waals surface area contributed by atoms with E-state index in [2.05, 4.69) is 108 Å². The highest BCUT2D eigenvalue weighted by atomic mass is 14.9. The molecular formula is C34H21N. The maximum atomic E-state index is 2.50. The van der Waals surface area contributed by atoms with Gasteiger partial charge in [0.1, 0.15) is 0 Å². The summed E-state index contributed by atoms with van der Waals surface area (Å²) < 4.78 is 2.48. The first-order chi connectivity index (χ1) is 17.3. The first kappa shape index (κ1) is 18.0. The van der Waals surface area contributed by atoms with Gasteiger partial charge in [-0.15, -0.1) is 0 Å². The van der Waals surface area contributed by atoms with E-state index in [4.69, 9.17) is 0 Å². The molecule has 9 rings (SSSR count). The molecule has 0 amide bonds. The van der Waals surface area contributed by atoms with Gasteiger partial charge in [0.15, 0.2) is 0 Å². The van der Waals surface area contributed by atoms with Gasteiger partial charge in [0, 0.05) is 16.2 Å². The summed E-state index contributed by atoms with van der Waals surface area (Å²) in [5.74, 6) is 0. The predicted molar refractivity (Wildman–Crippen MR) is 146 cm³/mol. The third-order valence-electron chi connectivity index (χ3n) is 8.36. The second-order valence-corrected chi connectivity index (χ2v) is 10.1. The van der Waals surface area contributed by atoms with Crippen molar-refractivity contribution < 1.29 is 0 Å². The molecule has 0 N–H and O–H groups in total. The molecule has 0 bridgehead atoms. The lowest BCUT2D eigenvalue weighted by Gasteiger charge is -2.14. The molecule has 0 radical (unpaired) electrons. The summed E-state index contributed by atoms with van der Waals surface area (Å²) >= 11 is 0. The van der Waals surface area contributed by atoms with E-state index < -0.39 is 0 Å². The molecule has 162 valence electrons. The predicted octanol–water partition coefficient (Wildman–Crippen LogP) is 8.54. The van der Waals surface area contributed by atoms with Crippen molar-refractivity contribution in [2.24, 2.45) is 0 Å². The summed E-state index contributed by atoms with van der Waals surface area (Å²) in [6.07, 6.45) is 2.04. The normalized spacial score (nSPS) is 13.5. The summed E-state index contributed by atoms with van der Waals surface area (Å²) in [7, 11) is 0. The zero-order valence-electron chi connectivity index (χ0n) is 19.2. The van der Waals surface area contributed by atoms with Crippen molar-refractivity contribution in [3.05, 3.63) is 125 Å². The number of nitrogens with zero attached hydrogens (tertiary/aromatic N) is 1. The molecule has 0 unspecified atom stereocenters. The molecule has 35 heavy (non-hydrogen) atoms. The molecule has 1 heteroatoms. The van der Waals surface area contributed by atoms with Gasteiger partial charge >= 0.3 is 0 Å². The van der Waals surface area contributed by atoms with Crippen molar-refractivity contribution in [1.29, 1.82) is 0 Å². The number of fused-ring (bicyclic) bond motifs is 15. The largest absolute Gasteiger partial charge is 0.309 e. The van der Waals surface area contributed by atoms with E-state index in [0.29, 0.717) is 0 Å². The average molecular weight is 444 g/mol. The Morgan fingerprint density at radius 1 is 0.457 bits per heavy atom. The van der Waals surface area contributed by atoms with Gasteiger partial charge in [-0.05, 0) is 93.1 Å². The van der Waals surface area contributed by atoms with Gasteiger partial charge in [-0.1, -0.05) is 72.8 Å². The average Bonchev–Trinajstić information content (AvgIpc) is 3.58. The molecule has 7 aromatic rings. The molecule has 0 aliphatic heterocycles. The van der Waals surface area contributed by atoms with Crippen molar-refractivity contribution in [3.63, 3.8) is 0 Å². The SMILES string of the molecule is c1ccc2c(c1)Cc1cc3c(cc1-2)Cc1ccc2c4ccccc4n4c5ccccc5cc4c2c1-3. The second-order valence-electron chi connectivity index (χ2n) is 10.1.